The predicted octanol–water partition coefficient (Wildman–Crippen LogP) is 4.59. The minimum Gasteiger partial charge on any atom is -0.324 e. The molecule has 0 aliphatic heterocycles. The Kier molecular flexibility index (Phi) is 7.55. The van der Waals surface area contributed by atoms with Crippen LogP contribution in [0.3, 0.4) is 0 Å². The number of rotatable bonds is 8. The molecule has 3 aromatic rings. The predicted molar refractivity (Wildman–Crippen MR) is 123 cm³/mol. The van der Waals surface area contributed by atoms with Gasteiger partial charge in [-0.2, -0.15) is 4.72 Å². The van der Waals surface area contributed by atoms with E-state index in [0.29, 0.717) is 10.7 Å². The Labute approximate surface area is 185 Å². The average Bonchev–Trinajstić information content (AvgIpc) is 2.74. The van der Waals surface area contributed by atoms with Crippen molar-refractivity contribution in [3.05, 3.63) is 89.4 Å². The Hall–Kier alpha value is -2.32. The fourth-order valence-electron chi connectivity index (χ4n) is 2.87. The summed E-state index contributed by atoms with van der Waals surface area (Å²) >= 11 is 7.36. The minimum atomic E-state index is -3.92. The van der Waals surface area contributed by atoms with Crippen LogP contribution >= 0.6 is 23.4 Å². The molecule has 3 rings (SSSR count). The van der Waals surface area contributed by atoms with Crippen molar-refractivity contribution < 1.29 is 13.2 Å². The van der Waals surface area contributed by atoms with E-state index in [9.17, 15) is 13.2 Å². The monoisotopic (exact) mass is 460 g/mol. The smallest absolute Gasteiger partial charge is 0.242 e. The summed E-state index contributed by atoms with van der Waals surface area (Å²) in [6.45, 7) is 0. The van der Waals surface area contributed by atoms with Gasteiger partial charge in [-0.25, -0.2) is 8.42 Å². The number of para-hydroxylation sites is 1. The summed E-state index contributed by atoms with van der Waals surface area (Å²) in [5, 5.41) is 3.29. The van der Waals surface area contributed by atoms with E-state index in [1.54, 1.807) is 6.07 Å². The summed E-state index contributed by atoms with van der Waals surface area (Å²) in [5.41, 5.74) is 1.48. The second kappa shape index (κ2) is 10.1. The molecular formula is C22H21ClN2O3S2. The Balaban J connectivity index is 1.88. The zero-order valence-electron chi connectivity index (χ0n) is 16.2. The van der Waals surface area contributed by atoms with E-state index >= 15 is 0 Å². The van der Waals surface area contributed by atoms with Crippen LogP contribution in [0.1, 0.15) is 5.56 Å². The maximum Gasteiger partial charge on any atom is 0.242 e. The van der Waals surface area contributed by atoms with Gasteiger partial charge in [-0.15, -0.1) is 11.8 Å². The lowest BCUT2D eigenvalue weighted by molar-refractivity contribution is -0.117. The molecule has 30 heavy (non-hydrogen) atoms. The van der Waals surface area contributed by atoms with Crippen LogP contribution in [0.25, 0.3) is 0 Å². The van der Waals surface area contributed by atoms with Crippen molar-refractivity contribution in [2.24, 2.45) is 0 Å². The molecule has 0 saturated carbocycles. The summed E-state index contributed by atoms with van der Waals surface area (Å²) < 4.78 is 28.3. The van der Waals surface area contributed by atoms with Crippen molar-refractivity contribution >= 4 is 45.0 Å². The molecule has 0 heterocycles. The number of nitrogens with one attached hydrogen (secondary N) is 2. The maximum absolute atomic E-state index is 13.1. The fraction of sp³-hybridized carbons (Fsp3) is 0.136. The van der Waals surface area contributed by atoms with Crippen LogP contribution < -0.4 is 10.0 Å². The number of hydrogen-bond donors (Lipinski definition) is 2. The summed E-state index contributed by atoms with van der Waals surface area (Å²) in [4.78, 5) is 14.0. The maximum atomic E-state index is 13.1. The van der Waals surface area contributed by atoms with Gasteiger partial charge in [0, 0.05) is 9.92 Å². The van der Waals surface area contributed by atoms with Crippen LogP contribution in [0.4, 0.5) is 5.69 Å². The second-order valence-corrected chi connectivity index (χ2v) is 9.51. The van der Waals surface area contributed by atoms with E-state index in [1.165, 1.54) is 36.0 Å². The Morgan fingerprint density at radius 3 is 2.27 bits per heavy atom. The van der Waals surface area contributed by atoms with E-state index in [0.717, 1.165) is 10.5 Å². The molecule has 0 aliphatic rings. The van der Waals surface area contributed by atoms with Gasteiger partial charge in [0.15, 0.2) is 0 Å². The van der Waals surface area contributed by atoms with Crippen LogP contribution in [0.15, 0.2) is 88.7 Å². The molecule has 0 aromatic heterocycles. The zero-order chi connectivity index (χ0) is 21.6. The van der Waals surface area contributed by atoms with E-state index in [-0.39, 0.29) is 11.3 Å². The second-order valence-electron chi connectivity index (χ2n) is 6.51. The molecule has 0 radical (unpaired) electrons. The highest BCUT2D eigenvalue weighted by molar-refractivity contribution is 7.98. The number of hydrogen-bond acceptors (Lipinski definition) is 4. The van der Waals surface area contributed by atoms with E-state index < -0.39 is 22.0 Å². The number of benzene rings is 3. The number of carbonyl (C=O) groups excluding carboxylic acids is 1. The number of carbonyl (C=O) groups is 1. The van der Waals surface area contributed by atoms with E-state index in [4.69, 9.17) is 11.6 Å². The van der Waals surface area contributed by atoms with Crippen molar-refractivity contribution in [1.29, 1.82) is 0 Å². The van der Waals surface area contributed by atoms with Gasteiger partial charge in [0.2, 0.25) is 15.9 Å². The molecule has 1 atom stereocenters. The first-order valence-electron chi connectivity index (χ1n) is 9.15. The van der Waals surface area contributed by atoms with Gasteiger partial charge in [0.1, 0.15) is 6.04 Å². The average molecular weight is 461 g/mol. The Morgan fingerprint density at radius 1 is 0.967 bits per heavy atom. The first-order chi connectivity index (χ1) is 14.4. The summed E-state index contributed by atoms with van der Waals surface area (Å²) in [7, 11) is -3.92. The topological polar surface area (TPSA) is 75.3 Å². The van der Waals surface area contributed by atoms with Crippen molar-refractivity contribution in [2.45, 2.75) is 22.3 Å². The highest BCUT2D eigenvalue weighted by atomic mass is 35.5. The third-order valence-corrected chi connectivity index (χ3v) is 6.92. The molecule has 5 nitrogen and oxygen atoms in total. The molecule has 3 aromatic carbocycles. The quantitative estimate of drug-likeness (QED) is 0.482. The molecule has 0 aliphatic carbocycles. The Morgan fingerprint density at radius 2 is 1.60 bits per heavy atom. The lowest BCUT2D eigenvalue weighted by atomic mass is 10.1. The van der Waals surface area contributed by atoms with E-state index in [2.05, 4.69) is 10.0 Å². The normalized spacial score (nSPS) is 12.3. The van der Waals surface area contributed by atoms with E-state index in [1.807, 2.05) is 54.8 Å². The standard InChI is InChI=1S/C22H21ClN2O3S2/c1-29-21-10-6-5-9-19(21)24-22(26)20(15-16-7-3-2-4-8-16)25-30(27,28)18-13-11-17(23)12-14-18/h2-14,20,25H,15H2,1H3,(H,24,26). The Bertz CT molecular complexity index is 1100. The third kappa shape index (κ3) is 5.86. The molecular weight excluding hydrogens is 440 g/mol. The number of thioether (sulfide) groups is 1. The molecule has 0 spiro atoms. The van der Waals surface area contributed by atoms with Crippen molar-refractivity contribution in [2.75, 3.05) is 11.6 Å². The summed E-state index contributed by atoms with van der Waals surface area (Å²) in [6, 6.07) is 21.5. The molecule has 156 valence electrons. The zero-order valence-corrected chi connectivity index (χ0v) is 18.6. The molecule has 2 N–H and O–H groups in total. The fourth-order valence-corrected chi connectivity index (χ4v) is 4.75. The van der Waals surface area contributed by atoms with Crippen molar-refractivity contribution in [1.82, 2.24) is 4.72 Å². The first-order valence-corrected chi connectivity index (χ1v) is 12.2. The number of sulfonamides is 1. The lowest BCUT2D eigenvalue weighted by Gasteiger charge is -2.20. The summed E-state index contributed by atoms with van der Waals surface area (Å²) in [5.74, 6) is -0.433. The van der Waals surface area contributed by atoms with Crippen LogP contribution in [-0.4, -0.2) is 26.6 Å². The molecule has 1 unspecified atom stereocenters. The molecule has 0 saturated heterocycles. The lowest BCUT2D eigenvalue weighted by Crippen LogP contribution is -2.45. The van der Waals surface area contributed by atoms with Crippen LogP contribution in [0.5, 0.6) is 0 Å². The largest absolute Gasteiger partial charge is 0.324 e. The van der Waals surface area contributed by atoms with Crippen LogP contribution in [0, 0.1) is 0 Å². The number of anilines is 1. The SMILES string of the molecule is CSc1ccccc1NC(=O)C(Cc1ccccc1)NS(=O)(=O)c1ccc(Cl)cc1. The first kappa shape index (κ1) is 22.4. The van der Waals surface area contributed by atoms with Gasteiger partial charge in [-0.05, 0) is 54.6 Å². The van der Waals surface area contributed by atoms with Crippen molar-refractivity contribution in [3.63, 3.8) is 0 Å². The molecule has 0 fully saturated rings. The summed E-state index contributed by atoms with van der Waals surface area (Å²) in [6.07, 6.45) is 2.12. The van der Waals surface area contributed by atoms with Crippen LogP contribution in [0.2, 0.25) is 5.02 Å². The van der Waals surface area contributed by atoms with Gasteiger partial charge in [0.25, 0.3) is 0 Å². The molecule has 8 heteroatoms. The van der Waals surface area contributed by atoms with Gasteiger partial charge in [-0.3, -0.25) is 4.79 Å². The van der Waals surface area contributed by atoms with Crippen molar-refractivity contribution in [3.8, 4) is 0 Å². The molecule has 1 amide bonds. The van der Waals surface area contributed by atoms with Crippen LogP contribution in [-0.2, 0) is 21.2 Å². The third-order valence-electron chi connectivity index (χ3n) is 4.39. The number of halogens is 1. The van der Waals surface area contributed by atoms with Gasteiger partial charge in [-0.1, -0.05) is 54.1 Å². The highest BCUT2D eigenvalue weighted by Crippen LogP contribution is 2.25. The number of amides is 1. The van der Waals surface area contributed by atoms with Gasteiger partial charge in [0.05, 0.1) is 10.6 Å². The highest BCUT2D eigenvalue weighted by Gasteiger charge is 2.26. The van der Waals surface area contributed by atoms with Gasteiger partial charge < -0.3 is 5.32 Å². The van der Waals surface area contributed by atoms with Gasteiger partial charge >= 0.3 is 0 Å². The molecule has 0 bridgehead atoms. The minimum absolute atomic E-state index is 0.0438.